The number of likely N-dealkylation sites (tertiary alicyclic amines) is 1. The number of benzene rings is 1. The van der Waals surface area contributed by atoms with E-state index in [-0.39, 0.29) is 17.9 Å². The molecule has 0 unspecified atom stereocenters. The van der Waals surface area contributed by atoms with Crippen molar-refractivity contribution in [1.82, 2.24) is 9.80 Å². The molecule has 148 valence electrons. The van der Waals surface area contributed by atoms with Crippen molar-refractivity contribution < 1.29 is 19.4 Å². The number of morpholine rings is 1. The smallest absolute Gasteiger partial charge is 0.254 e. The number of rotatable bonds is 5. The van der Waals surface area contributed by atoms with E-state index in [0.29, 0.717) is 44.8 Å². The molecule has 0 radical (unpaired) electrons. The number of amides is 2. The van der Waals surface area contributed by atoms with E-state index in [4.69, 9.17) is 4.74 Å². The van der Waals surface area contributed by atoms with Crippen LogP contribution in [-0.2, 0) is 16.0 Å². The van der Waals surface area contributed by atoms with E-state index in [9.17, 15) is 14.7 Å². The third kappa shape index (κ3) is 5.08. The van der Waals surface area contributed by atoms with E-state index in [1.54, 1.807) is 18.7 Å². The first kappa shape index (κ1) is 19.8. The van der Waals surface area contributed by atoms with Gasteiger partial charge in [-0.3, -0.25) is 9.59 Å². The fraction of sp³-hybridized carbons (Fsp3) is 0.619. The molecule has 0 aliphatic carbocycles. The van der Waals surface area contributed by atoms with Crippen LogP contribution in [0.15, 0.2) is 24.3 Å². The highest BCUT2D eigenvalue weighted by Gasteiger charge is 2.37. The maximum absolute atomic E-state index is 13.0. The van der Waals surface area contributed by atoms with Crippen molar-refractivity contribution in [2.24, 2.45) is 0 Å². The molecule has 3 rings (SSSR count). The lowest BCUT2D eigenvalue weighted by atomic mass is 9.98. The van der Waals surface area contributed by atoms with Crippen LogP contribution in [0.2, 0.25) is 0 Å². The zero-order chi connectivity index (χ0) is 19.4. The standard InChI is InChI=1S/C21H30N2O4/c1-21(2,26)10-9-16-5-7-17(8-6-16)19(24)23-11-3-4-18(23)20(25)22-12-14-27-15-13-22/h5-8,18,26H,3-4,9-15H2,1-2H3/t18-/m0/s1. The van der Waals surface area contributed by atoms with E-state index >= 15 is 0 Å². The van der Waals surface area contributed by atoms with Crippen LogP contribution < -0.4 is 0 Å². The molecule has 1 N–H and O–H groups in total. The number of ether oxygens (including phenoxy) is 1. The maximum Gasteiger partial charge on any atom is 0.254 e. The summed E-state index contributed by atoms with van der Waals surface area (Å²) < 4.78 is 5.32. The summed E-state index contributed by atoms with van der Waals surface area (Å²) in [5, 5.41) is 9.85. The summed E-state index contributed by atoms with van der Waals surface area (Å²) in [5.41, 5.74) is 1.01. The second-order valence-corrected chi connectivity index (χ2v) is 8.10. The minimum Gasteiger partial charge on any atom is -0.390 e. The molecule has 27 heavy (non-hydrogen) atoms. The molecule has 2 saturated heterocycles. The zero-order valence-electron chi connectivity index (χ0n) is 16.3. The molecule has 0 bridgehead atoms. The van der Waals surface area contributed by atoms with Crippen molar-refractivity contribution in [2.75, 3.05) is 32.8 Å². The van der Waals surface area contributed by atoms with Crippen LogP contribution in [-0.4, -0.2) is 71.2 Å². The quantitative estimate of drug-likeness (QED) is 0.854. The van der Waals surface area contributed by atoms with E-state index in [1.807, 2.05) is 29.2 Å². The topological polar surface area (TPSA) is 70.1 Å². The largest absolute Gasteiger partial charge is 0.390 e. The number of carbonyl (C=O) groups is 2. The highest BCUT2D eigenvalue weighted by Crippen LogP contribution is 2.23. The van der Waals surface area contributed by atoms with Crippen LogP contribution in [0.1, 0.15) is 49.0 Å². The Labute approximate surface area is 161 Å². The van der Waals surface area contributed by atoms with Gasteiger partial charge in [0.05, 0.1) is 18.8 Å². The maximum atomic E-state index is 13.0. The summed E-state index contributed by atoms with van der Waals surface area (Å²) in [4.78, 5) is 29.3. The Morgan fingerprint density at radius 1 is 1.15 bits per heavy atom. The molecule has 6 nitrogen and oxygen atoms in total. The van der Waals surface area contributed by atoms with E-state index in [0.717, 1.165) is 24.8 Å². The molecule has 2 aliphatic heterocycles. The summed E-state index contributed by atoms with van der Waals surface area (Å²) in [6.45, 7) is 6.56. The highest BCUT2D eigenvalue weighted by molar-refractivity contribution is 5.98. The Kier molecular flexibility index (Phi) is 6.17. The van der Waals surface area contributed by atoms with Gasteiger partial charge in [0, 0.05) is 25.2 Å². The molecule has 2 fully saturated rings. The average molecular weight is 374 g/mol. The van der Waals surface area contributed by atoms with Crippen molar-refractivity contribution >= 4 is 11.8 Å². The molecular formula is C21H30N2O4. The molecule has 0 saturated carbocycles. The predicted octanol–water partition coefficient (Wildman–Crippen LogP) is 1.85. The van der Waals surface area contributed by atoms with Crippen molar-refractivity contribution in [3.05, 3.63) is 35.4 Å². The number of aryl methyl sites for hydroxylation is 1. The number of hydrogen-bond acceptors (Lipinski definition) is 4. The van der Waals surface area contributed by atoms with Crippen LogP contribution in [0.5, 0.6) is 0 Å². The Morgan fingerprint density at radius 2 is 1.81 bits per heavy atom. The molecule has 0 aromatic heterocycles. The second-order valence-electron chi connectivity index (χ2n) is 8.10. The number of carbonyl (C=O) groups excluding carboxylic acids is 2. The van der Waals surface area contributed by atoms with Gasteiger partial charge in [0.25, 0.3) is 5.91 Å². The zero-order valence-corrected chi connectivity index (χ0v) is 16.3. The third-order valence-corrected chi connectivity index (χ3v) is 5.35. The van der Waals surface area contributed by atoms with Crippen molar-refractivity contribution in [3.8, 4) is 0 Å². The molecular weight excluding hydrogens is 344 g/mol. The van der Waals surface area contributed by atoms with Crippen molar-refractivity contribution in [3.63, 3.8) is 0 Å². The minimum atomic E-state index is -0.697. The lowest BCUT2D eigenvalue weighted by molar-refractivity contribution is -0.139. The molecule has 1 atom stereocenters. The first-order valence-corrected chi connectivity index (χ1v) is 9.84. The van der Waals surface area contributed by atoms with E-state index < -0.39 is 5.60 Å². The number of aliphatic hydroxyl groups is 1. The van der Waals surface area contributed by atoms with Gasteiger partial charge in [-0.2, -0.15) is 0 Å². The van der Waals surface area contributed by atoms with Gasteiger partial charge >= 0.3 is 0 Å². The van der Waals surface area contributed by atoms with E-state index in [2.05, 4.69) is 0 Å². The Balaban J connectivity index is 1.64. The summed E-state index contributed by atoms with van der Waals surface area (Å²) in [5.74, 6) is -0.0286. The summed E-state index contributed by atoms with van der Waals surface area (Å²) >= 11 is 0. The Hall–Kier alpha value is -1.92. The molecule has 2 heterocycles. The summed E-state index contributed by atoms with van der Waals surface area (Å²) in [6.07, 6.45) is 3.02. The monoisotopic (exact) mass is 374 g/mol. The van der Waals surface area contributed by atoms with Gasteiger partial charge in [-0.05, 0) is 57.2 Å². The van der Waals surface area contributed by atoms with Gasteiger partial charge in [0.1, 0.15) is 6.04 Å². The van der Waals surface area contributed by atoms with Crippen molar-refractivity contribution in [2.45, 2.75) is 51.2 Å². The van der Waals surface area contributed by atoms with Crippen molar-refractivity contribution in [1.29, 1.82) is 0 Å². The summed E-state index contributed by atoms with van der Waals surface area (Å²) in [6, 6.07) is 7.18. The SMILES string of the molecule is CC(C)(O)CCc1ccc(C(=O)N2CCC[C@H]2C(=O)N2CCOCC2)cc1. The van der Waals surface area contributed by atoms with Crippen LogP contribution in [0, 0.1) is 0 Å². The van der Waals surface area contributed by atoms with Gasteiger partial charge in [-0.1, -0.05) is 12.1 Å². The first-order valence-electron chi connectivity index (χ1n) is 9.84. The molecule has 0 spiro atoms. The predicted molar refractivity (Wildman–Crippen MR) is 103 cm³/mol. The number of hydrogen-bond donors (Lipinski definition) is 1. The minimum absolute atomic E-state index is 0.0472. The van der Waals surface area contributed by atoms with Gasteiger partial charge in [-0.15, -0.1) is 0 Å². The average Bonchev–Trinajstić information content (AvgIpc) is 3.15. The van der Waals surface area contributed by atoms with Gasteiger partial charge < -0.3 is 19.6 Å². The number of nitrogens with zero attached hydrogens (tertiary/aromatic N) is 2. The fourth-order valence-electron chi connectivity index (χ4n) is 3.69. The van der Waals surface area contributed by atoms with Gasteiger partial charge in [-0.25, -0.2) is 0 Å². The Morgan fingerprint density at radius 3 is 2.44 bits per heavy atom. The van der Waals surface area contributed by atoms with Gasteiger partial charge in [0.15, 0.2) is 0 Å². The lowest BCUT2D eigenvalue weighted by Gasteiger charge is -2.32. The second kappa shape index (κ2) is 8.40. The Bertz CT molecular complexity index is 660. The van der Waals surface area contributed by atoms with Gasteiger partial charge in [0.2, 0.25) is 5.91 Å². The van der Waals surface area contributed by atoms with Crippen LogP contribution in [0.3, 0.4) is 0 Å². The first-order chi connectivity index (χ1) is 12.8. The fourth-order valence-corrected chi connectivity index (χ4v) is 3.69. The lowest BCUT2D eigenvalue weighted by Crippen LogP contribution is -2.51. The molecule has 1 aromatic carbocycles. The van der Waals surface area contributed by atoms with E-state index in [1.165, 1.54) is 0 Å². The molecule has 6 heteroatoms. The normalized spacial score (nSPS) is 20.8. The molecule has 2 aliphatic rings. The summed E-state index contributed by atoms with van der Waals surface area (Å²) in [7, 11) is 0. The van der Waals surface area contributed by atoms with Crippen LogP contribution >= 0.6 is 0 Å². The van der Waals surface area contributed by atoms with Crippen LogP contribution in [0.4, 0.5) is 0 Å². The third-order valence-electron chi connectivity index (χ3n) is 5.35. The molecule has 1 aromatic rings. The van der Waals surface area contributed by atoms with Crippen LogP contribution in [0.25, 0.3) is 0 Å². The highest BCUT2D eigenvalue weighted by atomic mass is 16.5. The molecule has 2 amide bonds.